The Morgan fingerprint density at radius 3 is 2.71 bits per heavy atom. The molecule has 2 heterocycles. The number of likely N-dealkylation sites (tertiary alicyclic amines) is 1. The first kappa shape index (κ1) is 15.7. The van der Waals surface area contributed by atoms with Gasteiger partial charge in [0.2, 0.25) is 0 Å². The number of aliphatic hydroxyl groups is 1. The molecule has 1 aliphatic heterocycles. The standard InChI is InChI=1S/C13H16F3N3O2/c14-13(15,16)9-2-3-10(18-6-9)7-19-5-1-4-12(21,8-19)11(17)20/h2-3,6,21H,1,4-5,7-8H2,(H2,17,20). The molecule has 1 aromatic heterocycles. The summed E-state index contributed by atoms with van der Waals surface area (Å²) < 4.78 is 37.3. The zero-order valence-corrected chi connectivity index (χ0v) is 11.2. The molecule has 2 rings (SSSR count). The number of carbonyl (C=O) groups is 1. The van der Waals surface area contributed by atoms with Crippen LogP contribution in [0, 0.1) is 0 Å². The van der Waals surface area contributed by atoms with Crippen LogP contribution >= 0.6 is 0 Å². The lowest BCUT2D eigenvalue weighted by Crippen LogP contribution is -2.55. The molecule has 21 heavy (non-hydrogen) atoms. The lowest BCUT2D eigenvalue weighted by Gasteiger charge is -2.36. The molecule has 0 bridgehead atoms. The average Bonchev–Trinajstić information content (AvgIpc) is 2.38. The number of piperidine rings is 1. The van der Waals surface area contributed by atoms with Gasteiger partial charge in [-0.2, -0.15) is 13.2 Å². The molecule has 116 valence electrons. The van der Waals surface area contributed by atoms with E-state index in [9.17, 15) is 23.1 Å². The van der Waals surface area contributed by atoms with E-state index >= 15 is 0 Å². The summed E-state index contributed by atoms with van der Waals surface area (Å²) in [5.74, 6) is -0.785. The van der Waals surface area contributed by atoms with Crippen molar-refractivity contribution in [1.29, 1.82) is 0 Å². The van der Waals surface area contributed by atoms with E-state index in [-0.39, 0.29) is 13.1 Å². The quantitative estimate of drug-likeness (QED) is 0.870. The van der Waals surface area contributed by atoms with Crippen molar-refractivity contribution < 1.29 is 23.1 Å². The van der Waals surface area contributed by atoms with Gasteiger partial charge in [0.1, 0.15) is 0 Å². The first-order chi connectivity index (χ1) is 9.71. The van der Waals surface area contributed by atoms with Crippen molar-refractivity contribution in [2.45, 2.75) is 31.2 Å². The minimum absolute atomic E-state index is 0.0606. The van der Waals surface area contributed by atoms with Gasteiger partial charge in [-0.25, -0.2) is 0 Å². The number of hydrogen-bond acceptors (Lipinski definition) is 4. The number of amides is 1. The first-order valence-corrected chi connectivity index (χ1v) is 6.47. The fourth-order valence-corrected chi connectivity index (χ4v) is 2.37. The minimum atomic E-state index is -4.41. The molecule has 3 N–H and O–H groups in total. The highest BCUT2D eigenvalue weighted by Crippen LogP contribution is 2.28. The Morgan fingerprint density at radius 1 is 1.48 bits per heavy atom. The number of β-amino-alcohol motifs (C(OH)–C–C–N with tert-alkyl or cyclic N) is 1. The number of alkyl halides is 3. The van der Waals surface area contributed by atoms with Crippen LogP contribution in [0.15, 0.2) is 18.3 Å². The van der Waals surface area contributed by atoms with Gasteiger partial charge in [0.15, 0.2) is 5.60 Å². The topological polar surface area (TPSA) is 79.5 Å². The summed E-state index contributed by atoms with van der Waals surface area (Å²) in [5.41, 5.74) is 3.22. The maximum absolute atomic E-state index is 12.4. The van der Waals surface area contributed by atoms with Crippen molar-refractivity contribution >= 4 is 5.91 Å². The van der Waals surface area contributed by atoms with Gasteiger partial charge in [0.05, 0.1) is 11.3 Å². The Labute approximate surface area is 119 Å². The second-order valence-electron chi connectivity index (χ2n) is 5.25. The van der Waals surface area contributed by atoms with Crippen LogP contribution in [0.3, 0.4) is 0 Å². The fourth-order valence-electron chi connectivity index (χ4n) is 2.37. The molecule has 0 aromatic carbocycles. The maximum Gasteiger partial charge on any atom is 0.417 e. The lowest BCUT2D eigenvalue weighted by atomic mass is 9.92. The number of aromatic nitrogens is 1. The highest BCUT2D eigenvalue weighted by atomic mass is 19.4. The van der Waals surface area contributed by atoms with Crippen molar-refractivity contribution in [1.82, 2.24) is 9.88 Å². The molecule has 1 saturated heterocycles. The number of pyridine rings is 1. The Kier molecular flexibility index (Phi) is 4.20. The molecule has 1 amide bonds. The van der Waals surface area contributed by atoms with Crippen LogP contribution in [0.25, 0.3) is 0 Å². The van der Waals surface area contributed by atoms with Crippen molar-refractivity contribution in [3.8, 4) is 0 Å². The third kappa shape index (κ3) is 3.70. The van der Waals surface area contributed by atoms with Gasteiger partial charge >= 0.3 is 6.18 Å². The molecule has 0 spiro atoms. The van der Waals surface area contributed by atoms with E-state index < -0.39 is 23.2 Å². The fraction of sp³-hybridized carbons (Fsp3) is 0.538. The maximum atomic E-state index is 12.4. The third-order valence-electron chi connectivity index (χ3n) is 3.55. The molecule has 0 aliphatic carbocycles. The Hall–Kier alpha value is -1.67. The van der Waals surface area contributed by atoms with Gasteiger partial charge in [-0.15, -0.1) is 0 Å². The molecule has 5 nitrogen and oxygen atoms in total. The van der Waals surface area contributed by atoms with Crippen LogP contribution in [0.5, 0.6) is 0 Å². The van der Waals surface area contributed by atoms with E-state index in [0.29, 0.717) is 25.1 Å². The third-order valence-corrected chi connectivity index (χ3v) is 3.55. The molecule has 1 atom stereocenters. The number of halogens is 3. The summed E-state index contributed by atoms with van der Waals surface area (Å²) >= 11 is 0. The van der Waals surface area contributed by atoms with Gasteiger partial charge in [0, 0.05) is 19.3 Å². The highest BCUT2D eigenvalue weighted by Gasteiger charge is 2.38. The predicted octanol–water partition coefficient (Wildman–Crippen LogP) is 0.913. The number of rotatable bonds is 3. The molecular formula is C13H16F3N3O2. The molecule has 1 unspecified atom stereocenters. The Bertz CT molecular complexity index is 518. The highest BCUT2D eigenvalue weighted by molar-refractivity contribution is 5.83. The second-order valence-corrected chi connectivity index (χ2v) is 5.25. The molecule has 1 fully saturated rings. The number of hydrogen-bond donors (Lipinski definition) is 2. The van der Waals surface area contributed by atoms with Crippen LogP contribution in [-0.4, -0.2) is 39.6 Å². The molecule has 1 aliphatic rings. The largest absolute Gasteiger partial charge is 0.417 e. The van der Waals surface area contributed by atoms with Crippen LogP contribution in [0.1, 0.15) is 24.1 Å². The average molecular weight is 303 g/mol. The molecule has 0 radical (unpaired) electrons. The SMILES string of the molecule is NC(=O)C1(O)CCCN(Cc2ccc(C(F)(F)F)cn2)C1. The minimum Gasteiger partial charge on any atom is -0.379 e. The number of nitrogens with zero attached hydrogens (tertiary/aromatic N) is 2. The Morgan fingerprint density at radius 2 is 2.19 bits per heavy atom. The normalized spacial score (nSPS) is 24.0. The summed E-state index contributed by atoms with van der Waals surface area (Å²) in [4.78, 5) is 16.8. The van der Waals surface area contributed by atoms with Crippen molar-refractivity contribution in [2.24, 2.45) is 5.73 Å². The smallest absolute Gasteiger partial charge is 0.379 e. The molecule has 8 heteroatoms. The summed E-state index contributed by atoms with van der Waals surface area (Å²) in [6, 6.07) is 2.26. The van der Waals surface area contributed by atoms with Crippen molar-refractivity contribution in [2.75, 3.05) is 13.1 Å². The summed E-state index contributed by atoms with van der Waals surface area (Å²) in [6.07, 6.45) is -2.76. The summed E-state index contributed by atoms with van der Waals surface area (Å²) in [7, 11) is 0. The Balaban J connectivity index is 2.03. The summed E-state index contributed by atoms with van der Waals surface area (Å²) in [6.45, 7) is 0.942. The van der Waals surface area contributed by atoms with Crippen molar-refractivity contribution in [3.05, 3.63) is 29.6 Å². The zero-order chi connectivity index (χ0) is 15.7. The van der Waals surface area contributed by atoms with E-state index in [1.807, 2.05) is 0 Å². The van der Waals surface area contributed by atoms with Gasteiger partial charge in [-0.3, -0.25) is 14.7 Å². The van der Waals surface area contributed by atoms with E-state index in [1.165, 1.54) is 6.07 Å². The van der Waals surface area contributed by atoms with Gasteiger partial charge in [-0.1, -0.05) is 0 Å². The molecule has 0 saturated carbocycles. The van der Waals surface area contributed by atoms with Crippen LogP contribution in [0.4, 0.5) is 13.2 Å². The second kappa shape index (κ2) is 5.61. The monoisotopic (exact) mass is 303 g/mol. The van der Waals surface area contributed by atoms with Crippen molar-refractivity contribution in [3.63, 3.8) is 0 Å². The van der Waals surface area contributed by atoms with Crippen LogP contribution in [0.2, 0.25) is 0 Å². The molecular weight excluding hydrogens is 287 g/mol. The first-order valence-electron chi connectivity index (χ1n) is 6.47. The predicted molar refractivity (Wildman–Crippen MR) is 67.9 cm³/mol. The van der Waals surface area contributed by atoms with Gasteiger partial charge in [-0.05, 0) is 31.5 Å². The van der Waals surface area contributed by atoms with Gasteiger partial charge < -0.3 is 10.8 Å². The van der Waals surface area contributed by atoms with E-state index in [2.05, 4.69) is 4.98 Å². The number of carbonyl (C=O) groups excluding carboxylic acids is 1. The molecule has 1 aromatic rings. The lowest BCUT2D eigenvalue weighted by molar-refractivity contribution is -0.142. The number of nitrogens with two attached hydrogens (primary N) is 1. The van der Waals surface area contributed by atoms with Crippen LogP contribution in [-0.2, 0) is 17.5 Å². The zero-order valence-electron chi connectivity index (χ0n) is 11.2. The van der Waals surface area contributed by atoms with Gasteiger partial charge in [0.25, 0.3) is 5.91 Å². The van der Waals surface area contributed by atoms with Crippen LogP contribution < -0.4 is 5.73 Å². The van der Waals surface area contributed by atoms with E-state index in [4.69, 9.17) is 5.73 Å². The number of primary amides is 1. The summed E-state index contributed by atoms with van der Waals surface area (Å²) in [5, 5.41) is 10.1. The van der Waals surface area contributed by atoms with E-state index in [0.717, 1.165) is 12.3 Å². The van der Waals surface area contributed by atoms with E-state index in [1.54, 1.807) is 4.90 Å².